The summed E-state index contributed by atoms with van der Waals surface area (Å²) < 4.78 is 12.4. The van der Waals surface area contributed by atoms with Crippen LogP contribution in [0.15, 0.2) is 23.8 Å². The van der Waals surface area contributed by atoms with Crippen LogP contribution in [0.2, 0.25) is 18.1 Å². The number of cyclic esters (lactones) is 1. The van der Waals surface area contributed by atoms with Gasteiger partial charge < -0.3 is 14.3 Å². The highest BCUT2D eigenvalue weighted by molar-refractivity contribution is 6.73. The quantitative estimate of drug-likeness (QED) is 0.355. The fraction of sp³-hybridized carbons (Fsp3) is 0.783. The highest BCUT2D eigenvalue weighted by Gasteiger charge is 2.37. The molecule has 0 amide bonds. The second-order valence-electron chi connectivity index (χ2n) is 8.69. The van der Waals surface area contributed by atoms with Crippen molar-refractivity contribution in [1.29, 1.82) is 0 Å². The molecule has 0 bridgehead atoms. The van der Waals surface area contributed by atoms with Crippen molar-refractivity contribution >= 4 is 14.3 Å². The molecule has 1 N–H and O–H groups in total. The number of aliphatic hydroxyl groups excluding tert-OH is 1. The Kier molecular flexibility index (Phi) is 10.2. The summed E-state index contributed by atoms with van der Waals surface area (Å²) in [7, 11) is -1.87. The molecule has 0 aromatic carbocycles. The first-order valence-corrected chi connectivity index (χ1v) is 13.6. The molecule has 4 nitrogen and oxygen atoms in total. The fourth-order valence-corrected chi connectivity index (χ4v) is 6.90. The summed E-state index contributed by atoms with van der Waals surface area (Å²) in [5, 5.41) is 10.6. The van der Waals surface area contributed by atoms with Crippen LogP contribution in [0.3, 0.4) is 0 Å². The minimum Gasteiger partial charge on any atom is -0.459 e. The van der Waals surface area contributed by atoms with E-state index < -0.39 is 20.0 Å². The molecule has 0 saturated carbocycles. The summed E-state index contributed by atoms with van der Waals surface area (Å²) >= 11 is 0. The van der Waals surface area contributed by atoms with Crippen LogP contribution in [-0.4, -0.2) is 37.2 Å². The maximum Gasteiger partial charge on any atom is 0.330 e. The van der Waals surface area contributed by atoms with Gasteiger partial charge in [-0.25, -0.2) is 4.79 Å². The Balaban J connectivity index is 3.16. The van der Waals surface area contributed by atoms with Crippen LogP contribution < -0.4 is 0 Å². The lowest BCUT2D eigenvalue weighted by Crippen LogP contribution is -2.45. The second kappa shape index (κ2) is 11.3. The molecule has 0 fully saturated rings. The number of esters is 1. The molecule has 0 aromatic rings. The molecule has 0 aliphatic carbocycles. The van der Waals surface area contributed by atoms with Crippen molar-refractivity contribution in [2.45, 2.75) is 110 Å². The van der Waals surface area contributed by atoms with Crippen LogP contribution in [0.25, 0.3) is 0 Å². The second-order valence-corrected chi connectivity index (χ2v) is 13.4. The van der Waals surface area contributed by atoms with E-state index in [-0.39, 0.29) is 18.0 Å². The van der Waals surface area contributed by atoms with Crippen molar-refractivity contribution in [1.82, 2.24) is 0 Å². The molecule has 162 valence electrons. The number of carbonyl (C=O) groups is 1. The van der Waals surface area contributed by atoms with E-state index in [0.717, 1.165) is 36.5 Å². The predicted octanol–water partition coefficient (Wildman–Crippen LogP) is 5.77. The van der Waals surface area contributed by atoms with Crippen molar-refractivity contribution in [3.63, 3.8) is 0 Å². The van der Waals surface area contributed by atoms with E-state index in [1.165, 1.54) is 6.08 Å². The average molecular weight is 411 g/mol. The Bertz CT molecular complexity index is 545. The summed E-state index contributed by atoms with van der Waals surface area (Å²) in [6.07, 6.45) is 8.01. The maximum absolute atomic E-state index is 12.4. The third kappa shape index (κ3) is 7.49. The Labute approximate surface area is 173 Å². The van der Waals surface area contributed by atoms with Crippen molar-refractivity contribution in [3.8, 4) is 0 Å². The van der Waals surface area contributed by atoms with Gasteiger partial charge in [-0.1, -0.05) is 33.8 Å². The third-order valence-electron chi connectivity index (χ3n) is 6.59. The van der Waals surface area contributed by atoms with E-state index in [4.69, 9.17) is 9.16 Å². The largest absolute Gasteiger partial charge is 0.459 e. The molecule has 0 saturated heterocycles. The Morgan fingerprint density at radius 2 is 1.82 bits per heavy atom. The van der Waals surface area contributed by atoms with Gasteiger partial charge in [0.1, 0.15) is 6.10 Å². The van der Waals surface area contributed by atoms with Crippen molar-refractivity contribution in [3.05, 3.63) is 23.8 Å². The molecule has 0 spiro atoms. The first-order chi connectivity index (χ1) is 13.1. The van der Waals surface area contributed by atoms with E-state index in [9.17, 15) is 9.90 Å². The van der Waals surface area contributed by atoms with Crippen molar-refractivity contribution < 1.29 is 19.1 Å². The van der Waals surface area contributed by atoms with E-state index >= 15 is 0 Å². The molecule has 5 heteroatoms. The van der Waals surface area contributed by atoms with Gasteiger partial charge in [-0.15, -0.1) is 0 Å². The van der Waals surface area contributed by atoms with Gasteiger partial charge in [0.15, 0.2) is 8.32 Å². The Morgan fingerprint density at radius 1 is 1.21 bits per heavy atom. The molecule has 0 aromatic heterocycles. The fourth-order valence-electron chi connectivity index (χ4n) is 3.81. The van der Waals surface area contributed by atoms with Crippen LogP contribution >= 0.6 is 0 Å². The minimum atomic E-state index is -1.87. The molecular formula is C23H42O4Si. The lowest BCUT2D eigenvalue weighted by Gasteiger charge is -2.39. The molecule has 0 unspecified atom stereocenters. The maximum atomic E-state index is 12.4. The Hall–Kier alpha value is -0.913. The van der Waals surface area contributed by atoms with Crippen LogP contribution in [0.5, 0.6) is 0 Å². The first kappa shape index (κ1) is 25.1. The van der Waals surface area contributed by atoms with Crippen LogP contribution in [0, 0.1) is 5.92 Å². The zero-order chi connectivity index (χ0) is 21.4. The zero-order valence-corrected chi connectivity index (χ0v) is 20.1. The number of rotatable bonds is 5. The van der Waals surface area contributed by atoms with Crippen molar-refractivity contribution in [2.75, 3.05) is 0 Å². The molecule has 0 radical (unpaired) electrons. The molecule has 1 heterocycles. The predicted molar refractivity (Wildman–Crippen MR) is 119 cm³/mol. The number of ether oxygens (including phenoxy) is 1. The Morgan fingerprint density at radius 3 is 2.39 bits per heavy atom. The summed E-state index contributed by atoms with van der Waals surface area (Å²) in [5.41, 5.74) is 0.443. The molecular weight excluding hydrogens is 368 g/mol. The van der Waals surface area contributed by atoms with Gasteiger partial charge in [-0.2, -0.15) is 0 Å². The lowest BCUT2D eigenvalue weighted by atomic mass is 9.93. The highest BCUT2D eigenvalue weighted by Crippen LogP contribution is 2.32. The van der Waals surface area contributed by atoms with E-state index in [1.807, 2.05) is 26.8 Å². The molecule has 1 rings (SSSR count). The van der Waals surface area contributed by atoms with Gasteiger partial charge in [0.05, 0.1) is 11.7 Å². The van der Waals surface area contributed by atoms with Crippen LogP contribution in [0.1, 0.15) is 74.1 Å². The molecule has 28 heavy (non-hydrogen) atoms. The van der Waals surface area contributed by atoms with Gasteiger partial charge in [-0.3, -0.25) is 0 Å². The lowest BCUT2D eigenvalue weighted by molar-refractivity contribution is -0.144. The summed E-state index contributed by atoms with van der Waals surface area (Å²) in [5.74, 6) is -0.0419. The number of carbonyl (C=O) groups excluding carboxylic acids is 1. The minimum absolute atomic E-state index is 0.138. The average Bonchev–Trinajstić information content (AvgIpc) is 2.68. The molecule has 1 aliphatic heterocycles. The smallest absolute Gasteiger partial charge is 0.330 e. The van der Waals surface area contributed by atoms with Gasteiger partial charge in [0, 0.05) is 6.08 Å². The molecule has 1 aliphatic rings. The summed E-state index contributed by atoms with van der Waals surface area (Å²) in [4.78, 5) is 12.4. The van der Waals surface area contributed by atoms with E-state index in [1.54, 1.807) is 0 Å². The van der Waals surface area contributed by atoms with Crippen LogP contribution in [-0.2, 0) is 14.0 Å². The third-order valence-corrected chi connectivity index (χ3v) is 11.4. The SMILES string of the molecule is CC[Si](CC)(CC)O[C@@]1(C)/C=C/C(=O)O[C@H](C)[C@@H](C)CC/C=C(\C)[C@H](O)CC1. The van der Waals surface area contributed by atoms with Gasteiger partial charge in [0.2, 0.25) is 0 Å². The standard InChI is InChI=1S/C23H42O4Si/c1-8-28(9-2,10-3)27-23(7)16-14-21(24)19(5)13-11-12-18(4)20(6)26-22(25)15-17-23/h13,15,17-18,20-21,24H,8-12,14,16H2,1-7H3/b17-15+,19-13+/t18-,20+,21+,23+/m0/s1. The zero-order valence-electron chi connectivity index (χ0n) is 19.1. The number of aliphatic hydroxyl groups is 1. The normalized spacial score (nSPS) is 34.1. The topological polar surface area (TPSA) is 55.8 Å². The van der Waals surface area contributed by atoms with Gasteiger partial charge >= 0.3 is 5.97 Å². The molecule has 4 atom stereocenters. The number of allylic oxidation sites excluding steroid dienone is 1. The first-order valence-electron chi connectivity index (χ1n) is 11.0. The highest BCUT2D eigenvalue weighted by atomic mass is 28.4. The summed E-state index contributed by atoms with van der Waals surface area (Å²) in [6.45, 7) is 14.7. The van der Waals surface area contributed by atoms with Crippen LogP contribution in [0.4, 0.5) is 0 Å². The summed E-state index contributed by atoms with van der Waals surface area (Å²) in [6, 6.07) is 3.14. The van der Waals surface area contributed by atoms with Gasteiger partial charge in [0.25, 0.3) is 0 Å². The van der Waals surface area contributed by atoms with E-state index in [0.29, 0.717) is 12.8 Å². The van der Waals surface area contributed by atoms with Gasteiger partial charge in [-0.05, 0) is 82.2 Å². The monoisotopic (exact) mass is 410 g/mol. The number of hydrogen-bond acceptors (Lipinski definition) is 4. The number of hydrogen-bond donors (Lipinski definition) is 1. The van der Waals surface area contributed by atoms with Crippen molar-refractivity contribution in [2.24, 2.45) is 5.92 Å². The van der Waals surface area contributed by atoms with E-state index in [2.05, 4.69) is 33.8 Å².